The molecule has 0 aliphatic carbocycles. The van der Waals surface area contributed by atoms with Crippen molar-refractivity contribution in [3.8, 4) is 0 Å². The molecular formula is C13H30O2Si2. The molecule has 0 saturated carbocycles. The van der Waals surface area contributed by atoms with Gasteiger partial charge in [0.2, 0.25) is 0 Å². The van der Waals surface area contributed by atoms with Gasteiger partial charge in [-0.2, -0.15) is 0 Å². The summed E-state index contributed by atoms with van der Waals surface area (Å²) in [5.41, 5.74) is 0.995. The molecule has 2 radical (unpaired) electrons. The number of ether oxygens (including phenoxy) is 2. The highest BCUT2D eigenvalue weighted by Gasteiger charge is 2.26. The van der Waals surface area contributed by atoms with E-state index in [1.807, 2.05) is 0 Å². The Hall–Kier alpha value is 0.354. The summed E-state index contributed by atoms with van der Waals surface area (Å²) in [5.74, 6) is -0.0540. The number of rotatable bonds is 5. The fourth-order valence-corrected chi connectivity index (χ4v) is 5.13. The van der Waals surface area contributed by atoms with Crippen LogP contribution in [0.4, 0.5) is 0 Å². The van der Waals surface area contributed by atoms with Gasteiger partial charge in [0.05, 0.1) is 11.2 Å². The second-order valence-electron chi connectivity index (χ2n) is 7.73. The molecule has 4 heteroatoms. The highest BCUT2D eigenvalue weighted by atomic mass is 28.4. The molecule has 0 aromatic carbocycles. The zero-order valence-electron chi connectivity index (χ0n) is 13.1. The summed E-state index contributed by atoms with van der Waals surface area (Å²) >= 11 is 0. The number of hydrogen-bond donors (Lipinski definition) is 0. The second-order valence-corrected chi connectivity index (χ2v) is 15.1. The normalized spacial score (nSPS) is 14.5. The molecule has 0 heterocycles. The molecule has 0 bridgehead atoms. The van der Waals surface area contributed by atoms with E-state index in [-0.39, 0.29) is 17.1 Å². The summed E-state index contributed by atoms with van der Waals surface area (Å²) in [6, 6.07) is 0. The van der Waals surface area contributed by atoms with E-state index in [1.165, 1.54) is 5.67 Å². The molecule has 102 valence electrons. The maximum absolute atomic E-state index is 6.02. The molecule has 0 unspecified atom stereocenters. The Labute approximate surface area is 111 Å². The van der Waals surface area contributed by atoms with Gasteiger partial charge in [-0.15, -0.1) is 0 Å². The molecule has 0 atom stereocenters. The van der Waals surface area contributed by atoms with E-state index in [1.54, 1.807) is 0 Å². The Bertz CT molecular complexity index is 205. The molecule has 2 nitrogen and oxygen atoms in total. The zero-order chi connectivity index (χ0) is 13.9. The van der Waals surface area contributed by atoms with Crippen molar-refractivity contribution in [1.82, 2.24) is 0 Å². The van der Waals surface area contributed by atoms with Crippen LogP contribution < -0.4 is 0 Å². The number of hydrogen-bond acceptors (Lipinski definition) is 2. The van der Waals surface area contributed by atoms with Crippen LogP contribution in [0.15, 0.2) is 0 Å². The lowest BCUT2D eigenvalue weighted by molar-refractivity contribution is -0.193. The van der Waals surface area contributed by atoms with E-state index >= 15 is 0 Å². The van der Waals surface area contributed by atoms with Gasteiger partial charge in [-0.1, -0.05) is 25.3 Å². The van der Waals surface area contributed by atoms with E-state index in [2.05, 4.69) is 61.2 Å². The van der Waals surface area contributed by atoms with E-state index in [0.717, 1.165) is 9.52 Å². The van der Waals surface area contributed by atoms with Gasteiger partial charge in [0.15, 0.2) is 0 Å². The lowest BCUT2D eigenvalue weighted by Gasteiger charge is -2.33. The first-order valence-electron chi connectivity index (χ1n) is 6.38. The first-order valence-corrected chi connectivity index (χ1v) is 11.4. The molecule has 0 aromatic rings. The third kappa shape index (κ3) is 12.6. The van der Waals surface area contributed by atoms with Crippen LogP contribution in [0.2, 0.25) is 25.3 Å². The molecule has 17 heavy (non-hydrogen) atoms. The third-order valence-electron chi connectivity index (χ3n) is 1.72. The summed E-state index contributed by atoms with van der Waals surface area (Å²) in [7, 11) is -0.279. The van der Waals surface area contributed by atoms with E-state index in [9.17, 15) is 0 Å². The Balaban J connectivity index is 4.42. The quantitative estimate of drug-likeness (QED) is 0.559. The van der Waals surface area contributed by atoms with Gasteiger partial charge >= 0.3 is 0 Å². The van der Waals surface area contributed by atoms with Crippen LogP contribution in [0.5, 0.6) is 0 Å². The molecule has 0 rings (SSSR count). The lowest BCUT2D eigenvalue weighted by atomic mass is 10.2. The topological polar surface area (TPSA) is 18.5 Å². The summed E-state index contributed by atoms with van der Waals surface area (Å²) in [5, 5.41) is 0. The predicted octanol–water partition coefficient (Wildman–Crippen LogP) is 3.90. The standard InChI is InChI=1S/C13H30O2Si2/c1-12(2,3)14-11(15-13(4,5)6)16-10-17(7,8)9/h11H,10H2,1-9H3. The average Bonchev–Trinajstić information content (AvgIpc) is 1.92. The lowest BCUT2D eigenvalue weighted by Crippen LogP contribution is -2.41. The Morgan fingerprint density at radius 3 is 1.47 bits per heavy atom. The minimum absolute atomic E-state index is 0.0540. The molecule has 0 aromatic heterocycles. The largest absolute Gasteiger partial charge is 0.351 e. The van der Waals surface area contributed by atoms with Crippen LogP contribution in [0, 0.1) is 0 Å². The third-order valence-corrected chi connectivity index (χ3v) is 7.35. The summed E-state index contributed by atoms with van der Waals surface area (Å²) in [4.78, 5) is 0. The fraction of sp³-hybridized carbons (Fsp3) is 1.00. The van der Waals surface area contributed by atoms with E-state index in [0.29, 0.717) is 0 Å². The maximum Gasteiger partial charge on any atom is 0.138 e. The smallest absolute Gasteiger partial charge is 0.138 e. The Kier molecular flexibility index (Phi) is 6.12. The van der Waals surface area contributed by atoms with Crippen molar-refractivity contribution in [1.29, 1.82) is 0 Å². The average molecular weight is 275 g/mol. The van der Waals surface area contributed by atoms with Crippen LogP contribution in [0.3, 0.4) is 0 Å². The van der Waals surface area contributed by atoms with Crippen LogP contribution in [0.1, 0.15) is 41.5 Å². The molecule has 0 N–H and O–H groups in total. The highest BCUT2D eigenvalue weighted by Crippen LogP contribution is 2.19. The van der Waals surface area contributed by atoms with Gasteiger partial charge < -0.3 is 9.47 Å². The molecule has 0 aliphatic rings. The van der Waals surface area contributed by atoms with E-state index < -0.39 is 8.07 Å². The molecule has 0 saturated heterocycles. The van der Waals surface area contributed by atoms with Crippen LogP contribution in [-0.4, -0.2) is 34.7 Å². The van der Waals surface area contributed by atoms with Crippen LogP contribution >= 0.6 is 0 Å². The fourth-order valence-electron chi connectivity index (χ4n) is 1.14. The molecule has 0 aliphatic heterocycles. The van der Waals surface area contributed by atoms with Crippen molar-refractivity contribution in [2.75, 3.05) is 0 Å². The zero-order valence-corrected chi connectivity index (χ0v) is 15.1. The maximum atomic E-state index is 6.02. The minimum Gasteiger partial charge on any atom is -0.351 e. The van der Waals surface area contributed by atoms with Gasteiger partial charge in [-0.25, -0.2) is 0 Å². The molecule has 0 fully saturated rings. The molecule has 0 spiro atoms. The minimum atomic E-state index is -1.02. The molecule has 0 amide bonds. The Morgan fingerprint density at radius 2 is 1.24 bits per heavy atom. The van der Waals surface area contributed by atoms with Gasteiger partial charge in [-0.05, 0) is 41.5 Å². The SMILES string of the molecule is CC(C)(C)OC(OC(C)(C)C)[Si]C[Si](C)(C)C. The van der Waals surface area contributed by atoms with E-state index in [4.69, 9.17) is 9.47 Å². The van der Waals surface area contributed by atoms with Gasteiger partial charge in [0.25, 0.3) is 0 Å². The first kappa shape index (κ1) is 17.4. The summed E-state index contributed by atoms with van der Waals surface area (Å²) < 4.78 is 12.0. The predicted molar refractivity (Wildman–Crippen MR) is 79.4 cm³/mol. The Morgan fingerprint density at radius 1 is 0.882 bits per heavy atom. The first-order chi connectivity index (χ1) is 7.29. The van der Waals surface area contributed by atoms with Gasteiger partial charge in [0, 0.05) is 8.07 Å². The van der Waals surface area contributed by atoms with Crippen molar-refractivity contribution in [2.45, 2.75) is 84.0 Å². The van der Waals surface area contributed by atoms with Crippen molar-refractivity contribution < 1.29 is 9.47 Å². The van der Waals surface area contributed by atoms with Crippen LogP contribution in [0.25, 0.3) is 0 Å². The van der Waals surface area contributed by atoms with Gasteiger partial charge in [-0.3, -0.25) is 0 Å². The monoisotopic (exact) mass is 274 g/mol. The van der Waals surface area contributed by atoms with Crippen molar-refractivity contribution in [2.24, 2.45) is 0 Å². The summed E-state index contributed by atoms with van der Waals surface area (Å²) in [6.45, 7) is 19.7. The van der Waals surface area contributed by atoms with Crippen molar-refractivity contribution in [3.63, 3.8) is 0 Å². The van der Waals surface area contributed by atoms with Crippen molar-refractivity contribution >= 4 is 17.6 Å². The second kappa shape index (κ2) is 6.00. The van der Waals surface area contributed by atoms with Gasteiger partial charge in [0.1, 0.15) is 15.4 Å². The van der Waals surface area contributed by atoms with Crippen molar-refractivity contribution in [3.05, 3.63) is 0 Å². The highest BCUT2D eigenvalue weighted by molar-refractivity contribution is 6.83. The van der Waals surface area contributed by atoms with Crippen LogP contribution in [-0.2, 0) is 9.47 Å². The molecular weight excluding hydrogens is 244 g/mol. The summed E-state index contributed by atoms with van der Waals surface area (Å²) in [6.07, 6.45) is 0.